The number of amides is 1. The summed E-state index contributed by atoms with van der Waals surface area (Å²) in [7, 11) is 0. The summed E-state index contributed by atoms with van der Waals surface area (Å²) in [6, 6.07) is 12.2. The van der Waals surface area contributed by atoms with Crippen molar-refractivity contribution in [1.82, 2.24) is 20.3 Å². The van der Waals surface area contributed by atoms with Crippen molar-refractivity contribution in [1.29, 1.82) is 0 Å². The molecule has 0 atom stereocenters. The molecule has 122 valence electrons. The van der Waals surface area contributed by atoms with Gasteiger partial charge in [0.2, 0.25) is 0 Å². The van der Waals surface area contributed by atoms with Crippen LogP contribution in [0.4, 0.5) is 4.39 Å². The molecule has 1 heterocycles. The van der Waals surface area contributed by atoms with Crippen LogP contribution in [0.15, 0.2) is 48.7 Å². The Morgan fingerprint density at radius 3 is 2.71 bits per heavy atom. The van der Waals surface area contributed by atoms with Gasteiger partial charge in [-0.15, -0.1) is 5.10 Å². The van der Waals surface area contributed by atoms with Crippen LogP contribution in [0, 0.1) is 19.7 Å². The predicted octanol–water partition coefficient (Wildman–Crippen LogP) is 2.95. The molecule has 0 fully saturated rings. The molecule has 5 nitrogen and oxygen atoms in total. The average Bonchev–Trinajstić information content (AvgIpc) is 3.06. The van der Waals surface area contributed by atoms with Gasteiger partial charge >= 0.3 is 0 Å². The normalized spacial score (nSPS) is 10.6. The standard InChI is InChI=1S/C18H17FN4O/c1-12-7-8-15(9-13(12)2)23-11-17(21-22-23)18(24)20-10-14-5-3-4-6-16(14)19/h3-9,11H,10H2,1-2H3,(H,20,24). The van der Waals surface area contributed by atoms with E-state index in [-0.39, 0.29) is 18.1 Å². The zero-order chi connectivity index (χ0) is 17.1. The maximum Gasteiger partial charge on any atom is 0.273 e. The largest absolute Gasteiger partial charge is 0.346 e. The smallest absolute Gasteiger partial charge is 0.273 e. The number of rotatable bonds is 4. The number of carbonyl (C=O) groups excluding carboxylic acids is 1. The molecule has 3 aromatic rings. The molecular formula is C18H17FN4O. The van der Waals surface area contributed by atoms with E-state index in [0.717, 1.165) is 11.3 Å². The number of carbonyl (C=O) groups is 1. The van der Waals surface area contributed by atoms with Gasteiger partial charge in [0.1, 0.15) is 5.82 Å². The van der Waals surface area contributed by atoms with Gasteiger partial charge in [-0.05, 0) is 43.2 Å². The first kappa shape index (κ1) is 15.9. The summed E-state index contributed by atoms with van der Waals surface area (Å²) < 4.78 is 15.1. The van der Waals surface area contributed by atoms with Crippen LogP contribution < -0.4 is 5.32 Å². The maximum atomic E-state index is 13.6. The van der Waals surface area contributed by atoms with E-state index >= 15 is 0 Å². The van der Waals surface area contributed by atoms with Crippen LogP contribution in [0.1, 0.15) is 27.2 Å². The Morgan fingerprint density at radius 2 is 1.96 bits per heavy atom. The molecule has 0 radical (unpaired) electrons. The summed E-state index contributed by atoms with van der Waals surface area (Å²) in [6.45, 7) is 4.14. The number of benzene rings is 2. The lowest BCUT2D eigenvalue weighted by Crippen LogP contribution is -2.23. The molecule has 1 amide bonds. The van der Waals surface area contributed by atoms with Crippen molar-refractivity contribution in [3.63, 3.8) is 0 Å². The highest BCUT2D eigenvalue weighted by Crippen LogP contribution is 2.13. The van der Waals surface area contributed by atoms with E-state index in [1.165, 1.54) is 11.6 Å². The quantitative estimate of drug-likeness (QED) is 0.803. The summed E-state index contributed by atoms with van der Waals surface area (Å²) in [5.41, 5.74) is 3.76. The molecule has 0 bridgehead atoms. The van der Waals surface area contributed by atoms with Gasteiger partial charge in [-0.2, -0.15) is 0 Å². The highest BCUT2D eigenvalue weighted by Gasteiger charge is 2.12. The Labute approximate surface area is 139 Å². The molecule has 3 rings (SSSR count). The summed E-state index contributed by atoms with van der Waals surface area (Å²) in [6.07, 6.45) is 1.56. The fraction of sp³-hybridized carbons (Fsp3) is 0.167. The SMILES string of the molecule is Cc1ccc(-n2cc(C(=O)NCc3ccccc3F)nn2)cc1C. The van der Waals surface area contributed by atoms with Crippen molar-refractivity contribution < 1.29 is 9.18 Å². The van der Waals surface area contributed by atoms with Gasteiger partial charge < -0.3 is 5.32 Å². The van der Waals surface area contributed by atoms with Crippen LogP contribution in [-0.2, 0) is 6.54 Å². The van der Waals surface area contributed by atoms with Crippen LogP contribution in [0.25, 0.3) is 5.69 Å². The third-order valence-electron chi connectivity index (χ3n) is 3.88. The summed E-state index contributed by atoms with van der Waals surface area (Å²) in [5.74, 6) is -0.745. The Bertz CT molecular complexity index is 888. The zero-order valence-corrected chi connectivity index (χ0v) is 13.5. The lowest BCUT2D eigenvalue weighted by atomic mass is 10.1. The number of nitrogens with one attached hydrogen (secondary N) is 1. The molecule has 0 aliphatic carbocycles. The van der Waals surface area contributed by atoms with E-state index in [2.05, 4.69) is 15.6 Å². The molecule has 6 heteroatoms. The van der Waals surface area contributed by atoms with Crippen molar-refractivity contribution in [2.24, 2.45) is 0 Å². The van der Waals surface area contributed by atoms with Gasteiger partial charge in [0.05, 0.1) is 11.9 Å². The first-order valence-electron chi connectivity index (χ1n) is 7.56. The molecule has 0 spiro atoms. The fourth-order valence-corrected chi connectivity index (χ4v) is 2.27. The van der Waals surface area contributed by atoms with E-state index in [0.29, 0.717) is 5.56 Å². The van der Waals surface area contributed by atoms with Crippen molar-refractivity contribution in [3.05, 3.63) is 76.9 Å². The second-order valence-corrected chi connectivity index (χ2v) is 5.59. The highest BCUT2D eigenvalue weighted by molar-refractivity contribution is 5.91. The molecule has 1 aromatic heterocycles. The summed E-state index contributed by atoms with van der Waals surface area (Å²) in [5, 5.41) is 10.5. The Hall–Kier alpha value is -3.02. The number of hydrogen-bond donors (Lipinski definition) is 1. The minimum Gasteiger partial charge on any atom is -0.346 e. The Balaban J connectivity index is 1.72. The van der Waals surface area contributed by atoms with E-state index in [1.54, 1.807) is 29.1 Å². The van der Waals surface area contributed by atoms with Crippen LogP contribution in [-0.4, -0.2) is 20.9 Å². The molecule has 2 aromatic carbocycles. The number of aryl methyl sites for hydroxylation is 2. The van der Waals surface area contributed by atoms with Crippen LogP contribution in [0.2, 0.25) is 0 Å². The number of halogens is 1. The van der Waals surface area contributed by atoms with E-state index in [4.69, 9.17) is 0 Å². The lowest BCUT2D eigenvalue weighted by Gasteiger charge is -2.04. The van der Waals surface area contributed by atoms with Crippen LogP contribution in [0.5, 0.6) is 0 Å². The van der Waals surface area contributed by atoms with Gasteiger partial charge in [-0.3, -0.25) is 4.79 Å². The minimum atomic E-state index is -0.395. The monoisotopic (exact) mass is 324 g/mol. The fourth-order valence-electron chi connectivity index (χ4n) is 2.27. The van der Waals surface area contributed by atoms with E-state index in [9.17, 15) is 9.18 Å². The van der Waals surface area contributed by atoms with E-state index < -0.39 is 5.91 Å². The first-order chi connectivity index (χ1) is 11.5. The number of aromatic nitrogens is 3. The van der Waals surface area contributed by atoms with Gasteiger partial charge in [0, 0.05) is 12.1 Å². The highest BCUT2D eigenvalue weighted by atomic mass is 19.1. The molecule has 24 heavy (non-hydrogen) atoms. The minimum absolute atomic E-state index is 0.0992. The van der Waals surface area contributed by atoms with Crippen molar-refractivity contribution >= 4 is 5.91 Å². The van der Waals surface area contributed by atoms with Gasteiger partial charge in [0.15, 0.2) is 5.69 Å². The molecule has 0 saturated carbocycles. The topological polar surface area (TPSA) is 59.8 Å². The second-order valence-electron chi connectivity index (χ2n) is 5.59. The van der Waals surface area contributed by atoms with Crippen molar-refractivity contribution in [3.8, 4) is 5.69 Å². The van der Waals surface area contributed by atoms with Crippen LogP contribution >= 0.6 is 0 Å². The van der Waals surface area contributed by atoms with E-state index in [1.807, 2.05) is 32.0 Å². The molecule has 0 unspecified atom stereocenters. The third-order valence-corrected chi connectivity index (χ3v) is 3.88. The van der Waals surface area contributed by atoms with Gasteiger partial charge in [0.25, 0.3) is 5.91 Å². The predicted molar refractivity (Wildman–Crippen MR) is 88.4 cm³/mol. The number of nitrogens with zero attached hydrogens (tertiary/aromatic N) is 3. The first-order valence-corrected chi connectivity index (χ1v) is 7.56. The average molecular weight is 324 g/mol. The zero-order valence-electron chi connectivity index (χ0n) is 13.5. The lowest BCUT2D eigenvalue weighted by molar-refractivity contribution is 0.0945. The molecule has 0 saturated heterocycles. The van der Waals surface area contributed by atoms with Crippen molar-refractivity contribution in [2.75, 3.05) is 0 Å². The summed E-state index contributed by atoms with van der Waals surface area (Å²) >= 11 is 0. The Morgan fingerprint density at radius 1 is 1.17 bits per heavy atom. The Kier molecular flexibility index (Phi) is 4.37. The maximum absolute atomic E-state index is 13.6. The molecule has 0 aliphatic rings. The third kappa shape index (κ3) is 3.32. The molecule has 0 aliphatic heterocycles. The van der Waals surface area contributed by atoms with Crippen LogP contribution in [0.3, 0.4) is 0 Å². The van der Waals surface area contributed by atoms with Gasteiger partial charge in [-0.1, -0.05) is 29.5 Å². The second kappa shape index (κ2) is 6.62. The summed E-state index contributed by atoms with van der Waals surface area (Å²) in [4.78, 5) is 12.1. The van der Waals surface area contributed by atoms with Crippen molar-refractivity contribution in [2.45, 2.75) is 20.4 Å². The molecular weight excluding hydrogens is 307 g/mol. The molecule has 1 N–H and O–H groups in total. The number of hydrogen-bond acceptors (Lipinski definition) is 3. The van der Waals surface area contributed by atoms with Gasteiger partial charge in [-0.25, -0.2) is 9.07 Å².